The van der Waals surface area contributed by atoms with Crippen LogP contribution in [0.5, 0.6) is 0 Å². The highest BCUT2D eigenvalue weighted by Crippen LogP contribution is 2.21. The predicted octanol–water partition coefficient (Wildman–Crippen LogP) is 2.71. The van der Waals surface area contributed by atoms with Crippen LogP contribution < -0.4 is 21.7 Å². The largest absolute Gasteiger partial charge is 0.351 e. The smallest absolute Gasteiger partial charge is 0.316 e. The molecule has 31 heavy (non-hydrogen) atoms. The number of primary amides is 1. The Labute approximate surface area is 193 Å². The first-order valence-electron chi connectivity index (χ1n) is 9.70. The Hall–Kier alpha value is -2.62. The Morgan fingerprint density at radius 1 is 1.16 bits per heavy atom. The van der Waals surface area contributed by atoms with Crippen molar-refractivity contribution in [1.82, 2.24) is 15.5 Å². The molecule has 2 aromatic rings. The average Bonchev–Trinajstić information content (AvgIpc) is 3.15. The summed E-state index contributed by atoms with van der Waals surface area (Å²) in [5.74, 6) is -0.762. The number of urea groups is 1. The summed E-state index contributed by atoms with van der Waals surface area (Å²) in [6, 6.07) is 11.7. The van der Waals surface area contributed by atoms with Gasteiger partial charge in [0.05, 0.1) is 17.8 Å². The molecule has 1 aliphatic rings. The molecule has 3 rings (SSSR count). The third-order valence-corrected chi connectivity index (χ3v) is 5.60. The number of carbonyl (C=O) groups is 3. The summed E-state index contributed by atoms with van der Waals surface area (Å²) in [6.07, 6.45) is 0.839. The summed E-state index contributed by atoms with van der Waals surface area (Å²) in [5.41, 5.74) is 6.78. The van der Waals surface area contributed by atoms with E-state index in [2.05, 4.69) is 36.8 Å². The van der Waals surface area contributed by atoms with Gasteiger partial charge in [-0.3, -0.25) is 14.5 Å². The van der Waals surface area contributed by atoms with Crippen molar-refractivity contribution in [3.8, 4) is 0 Å². The van der Waals surface area contributed by atoms with Crippen molar-refractivity contribution >= 4 is 51.1 Å². The normalized spacial score (nSPS) is 16.0. The first-order valence-corrected chi connectivity index (χ1v) is 10.9. The molecule has 4 amide bonds. The van der Waals surface area contributed by atoms with E-state index in [0.29, 0.717) is 9.50 Å². The van der Waals surface area contributed by atoms with Gasteiger partial charge in [-0.2, -0.15) is 0 Å². The maximum Gasteiger partial charge on any atom is 0.316 e. The van der Waals surface area contributed by atoms with E-state index in [-0.39, 0.29) is 29.7 Å². The van der Waals surface area contributed by atoms with E-state index in [1.54, 1.807) is 18.2 Å². The van der Waals surface area contributed by atoms with Gasteiger partial charge in [-0.25, -0.2) is 4.79 Å². The van der Waals surface area contributed by atoms with Crippen molar-refractivity contribution in [2.45, 2.75) is 19.0 Å². The van der Waals surface area contributed by atoms with Crippen molar-refractivity contribution in [2.24, 2.45) is 5.73 Å². The summed E-state index contributed by atoms with van der Waals surface area (Å²) in [6.45, 7) is 2.23. The second-order valence-corrected chi connectivity index (χ2v) is 8.63. The molecule has 1 saturated heterocycles. The standard InChI is InChI=1S/C21H23BrClN5O3/c22-14-3-6-18(27-21(24)31)17(9-14)20(30)25-10-19(29)26-16-7-8-28(12-16)11-13-1-4-15(23)5-2-13/h1-6,9,16H,7-8,10-12H2,(H,25,30)(H,26,29)(H3,24,27,31)/t16-/m1/s1. The highest BCUT2D eigenvalue weighted by Gasteiger charge is 2.24. The van der Waals surface area contributed by atoms with E-state index in [0.717, 1.165) is 31.6 Å². The minimum atomic E-state index is -0.779. The molecule has 8 nitrogen and oxygen atoms in total. The molecule has 0 radical (unpaired) electrons. The maximum absolute atomic E-state index is 12.5. The molecule has 1 aliphatic heterocycles. The zero-order chi connectivity index (χ0) is 22.4. The zero-order valence-corrected chi connectivity index (χ0v) is 19.0. The second-order valence-electron chi connectivity index (χ2n) is 7.28. The lowest BCUT2D eigenvalue weighted by Crippen LogP contribution is -2.43. The molecule has 1 heterocycles. The van der Waals surface area contributed by atoms with Gasteiger partial charge < -0.3 is 21.7 Å². The molecule has 0 aliphatic carbocycles. The Morgan fingerprint density at radius 2 is 1.90 bits per heavy atom. The lowest BCUT2D eigenvalue weighted by atomic mass is 10.1. The number of nitrogens with zero attached hydrogens (tertiary/aromatic N) is 1. The lowest BCUT2D eigenvalue weighted by molar-refractivity contribution is -0.120. The molecule has 0 saturated carbocycles. The molecule has 1 atom stereocenters. The van der Waals surface area contributed by atoms with Crippen LogP contribution in [0.25, 0.3) is 0 Å². The number of nitrogens with two attached hydrogens (primary N) is 1. The number of nitrogens with one attached hydrogen (secondary N) is 3. The second kappa shape index (κ2) is 10.6. The fraction of sp³-hybridized carbons (Fsp3) is 0.286. The monoisotopic (exact) mass is 507 g/mol. The Bertz CT molecular complexity index is 970. The van der Waals surface area contributed by atoms with Crippen LogP contribution in [0.3, 0.4) is 0 Å². The van der Waals surface area contributed by atoms with Crippen LogP contribution in [-0.2, 0) is 11.3 Å². The van der Waals surface area contributed by atoms with Gasteiger partial charge in [0.25, 0.3) is 5.91 Å². The van der Waals surface area contributed by atoms with E-state index in [4.69, 9.17) is 17.3 Å². The quantitative estimate of drug-likeness (QED) is 0.460. The minimum absolute atomic E-state index is 0.0228. The molecule has 0 unspecified atom stereocenters. The lowest BCUT2D eigenvalue weighted by Gasteiger charge is -2.17. The van der Waals surface area contributed by atoms with Crippen LogP contribution in [0, 0.1) is 0 Å². The Morgan fingerprint density at radius 3 is 2.61 bits per heavy atom. The number of hydrogen-bond acceptors (Lipinski definition) is 4. The van der Waals surface area contributed by atoms with E-state index in [1.807, 2.05) is 24.3 Å². The van der Waals surface area contributed by atoms with Gasteiger partial charge >= 0.3 is 6.03 Å². The molecule has 0 bridgehead atoms. The third-order valence-electron chi connectivity index (χ3n) is 4.85. The molecular formula is C21H23BrClN5O3. The van der Waals surface area contributed by atoms with E-state index < -0.39 is 11.9 Å². The third kappa shape index (κ3) is 6.95. The molecule has 1 fully saturated rings. The van der Waals surface area contributed by atoms with Gasteiger partial charge in [-0.05, 0) is 42.3 Å². The van der Waals surface area contributed by atoms with Crippen LogP contribution in [-0.4, -0.2) is 48.4 Å². The number of hydrogen-bond donors (Lipinski definition) is 4. The maximum atomic E-state index is 12.5. The number of rotatable bonds is 7. The van der Waals surface area contributed by atoms with Gasteiger partial charge in [-0.1, -0.05) is 39.7 Å². The van der Waals surface area contributed by atoms with Gasteiger partial charge in [0.1, 0.15) is 0 Å². The van der Waals surface area contributed by atoms with Crippen LogP contribution in [0.15, 0.2) is 46.9 Å². The molecule has 0 spiro atoms. The number of benzene rings is 2. The molecule has 5 N–H and O–H groups in total. The summed E-state index contributed by atoms with van der Waals surface area (Å²) < 4.78 is 0.656. The van der Waals surface area contributed by atoms with Gasteiger partial charge in [0.15, 0.2) is 0 Å². The van der Waals surface area contributed by atoms with Crippen molar-refractivity contribution < 1.29 is 14.4 Å². The summed E-state index contributed by atoms with van der Waals surface area (Å²) in [7, 11) is 0. The number of amides is 4. The average molecular weight is 509 g/mol. The SMILES string of the molecule is NC(=O)Nc1ccc(Br)cc1C(=O)NCC(=O)N[C@@H]1CCN(Cc2ccc(Cl)cc2)C1. The fourth-order valence-corrected chi connectivity index (χ4v) is 3.91. The predicted molar refractivity (Wildman–Crippen MR) is 123 cm³/mol. The van der Waals surface area contributed by atoms with E-state index >= 15 is 0 Å². The topological polar surface area (TPSA) is 117 Å². The molecule has 10 heteroatoms. The summed E-state index contributed by atoms with van der Waals surface area (Å²) in [5, 5.41) is 8.64. The van der Waals surface area contributed by atoms with Crippen LogP contribution >= 0.6 is 27.5 Å². The minimum Gasteiger partial charge on any atom is -0.351 e. The Kier molecular flexibility index (Phi) is 7.89. The first kappa shape index (κ1) is 23.1. The van der Waals surface area contributed by atoms with E-state index in [9.17, 15) is 14.4 Å². The number of anilines is 1. The van der Waals surface area contributed by atoms with Crippen LogP contribution in [0.4, 0.5) is 10.5 Å². The number of carbonyl (C=O) groups excluding carboxylic acids is 3. The van der Waals surface area contributed by atoms with Crippen LogP contribution in [0.2, 0.25) is 5.02 Å². The van der Waals surface area contributed by atoms with Gasteiger partial charge in [0, 0.05) is 35.2 Å². The molecule has 164 valence electrons. The molecule has 2 aromatic carbocycles. The van der Waals surface area contributed by atoms with E-state index in [1.165, 1.54) is 0 Å². The highest BCUT2D eigenvalue weighted by molar-refractivity contribution is 9.10. The first-order chi connectivity index (χ1) is 14.8. The van der Waals surface area contributed by atoms with Gasteiger partial charge in [0.2, 0.25) is 5.91 Å². The highest BCUT2D eigenvalue weighted by atomic mass is 79.9. The van der Waals surface area contributed by atoms with Crippen molar-refractivity contribution in [3.05, 3.63) is 63.1 Å². The number of halogens is 2. The van der Waals surface area contributed by atoms with Crippen LogP contribution in [0.1, 0.15) is 22.3 Å². The van der Waals surface area contributed by atoms with Crippen molar-refractivity contribution in [3.63, 3.8) is 0 Å². The molecular weight excluding hydrogens is 486 g/mol. The van der Waals surface area contributed by atoms with Gasteiger partial charge in [-0.15, -0.1) is 0 Å². The number of likely N-dealkylation sites (tertiary alicyclic amines) is 1. The van der Waals surface area contributed by atoms with Crippen molar-refractivity contribution in [1.29, 1.82) is 0 Å². The summed E-state index contributed by atoms with van der Waals surface area (Å²) >= 11 is 9.21. The zero-order valence-electron chi connectivity index (χ0n) is 16.7. The molecule has 0 aromatic heterocycles. The summed E-state index contributed by atoms with van der Waals surface area (Å²) in [4.78, 5) is 38.2. The Balaban J connectivity index is 1.47. The fourth-order valence-electron chi connectivity index (χ4n) is 3.42. The van der Waals surface area contributed by atoms with Crippen molar-refractivity contribution in [2.75, 3.05) is 25.0 Å².